The van der Waals surface area contributed by atoms with Crippen molar-refractivity contribution in [3.05, 3.63) is 109 Å². The molecule has 0 radical (unpaired) electrons. The Balaban J connectivity index is 0.867. The van der Waals surface area contributed by atoms with E-state index in [0.29, 0.717) is 77.6 Å². The van der Waals surface area contributed by atoms with Gasteiger partial charge in [0.2, 0.25) is 0 Å². The standard InChI is InChI=1S/C45H44N6O10/c1-5-28-30-17-27(11-12-35(30)46-39-32(28)21-50-36(39)19-34-33(41(50)54)22-59-42(55)45(34,58)6-2)61-44(57)49-15-13-26(14-16-49)60-25-9-7-24(8-10-25)51-40(47-48-43(51)56)31-18-29(23(3)4)37(52)20-38(31)53/h7-12,17-20,23,26,52-53,58H,5-6,13-16,21-22H2,1-4H3,(H,48,56). The van der Waals surface area contributed by atoms with E-state index >= 15 is 0 Å². The second-order valence-corrected chi connectivity index (χ2v) is 16.0. The number of nitrogens with one attached hydrogen (secondary N) is 1. The van der Waals surface area contributed by atoms with Crippen LogP contribution in [0.15, 0.2) is 70.3 Å². The molecule has 0 aliphatic carbocycles. The molecule has 6 heterocycles. The molecule has 3 aliphatic heterocycles. The Morgan fingerprint density at radius 3 is 2.41 bits per heavy atom. The first-order valence-electron chi connectivity index (χ1n) is 20.4. The number of esters is 1. The largest absolute Gasteiger partial charge is 0.508 e. The van der Waals surface area contributed by atoms with Gasteiger partial charge in [-0.1, -0.05) is 27.7 Å². The van der Waals surface area contributed by atoms with Crippen LogP contribution >= 0.6 is 0 Å². The minimum absolute atomic E-state index is 0.0344. The van der Waals surface area contributed by atoms with Crippen LogP contribution in [-0.4, -0.2) is 75.8 Å². The predicted octanol–water partition coefficient (Wildman–Crippen LogP) is 5.76. The van der Waals surface area contributed by atoms with Gasteiger partial charge in [-0.25, -0.2) is 29.0 Å². The molecule has 314 valence electrons. The van der Waals surface area contributed by atoms with Gasteiger partial charge in [0.05, 0.1) is 40.3 Å². The third kappa shape index (κ3) is 6.57. The highest BCUT2D eigenvalue weighted by atomic mass is 16.6. The van der Waals surface area contributed by atoms with Crippen LogP contribution in [0.1, 0.15) is 80.7 Å². The maximum Gasteiger partial charge on any atom is 0.415 e. The van der Waals surface area contributed by atoms with Crippen molar-refractivity contribution in [3.8, 4) is 51.5 Å². The highest BCUT2D eigenvalue weighted by Crippen LogP contribution is 2.41. The average molecular weight is 829 g/mol. The van der Waals surface area contributed by atoms with Gasteiger partial charge in [-0.2, -0.15) is 5.10 Å². The van der Waals surface area contributed by atoms with Crippen molar-refractivity contribution in [1.29, 1.82) is 0 Å². The molecule has 3 aromatic carbocycles. The van der Waals surface area contributed by atoms with Gasteiger partial charge in [0.1, 0.15) is 35.7 Å². The minimum atomic E-state index is -1.91. The molecule has 4 N–H and O–H groups in total. The number of fused-ring (bicyclic) bond motifs is 5. The molecule has 0 spiro atoms. The summed E-state index contributed by atoms with van der Waals surface area (Å²) >= 11 is 0. The van der Waals surface area contributed by atoms with E-state index in [4.69, 9.17) is 19.2 Å². The number of pyridine rings is 2. The molecule has 9 rings (SSSR count). The molecule has 1 amide bonds. The van der Waals surface area contributed by atoms with Crippen molar-refractivity contribution in [2.45, 2.75) is 84.2 Å². The highest BCUT2D eigenvalue weighted by Gasteiger charge is 2.45. The number of nitrogens with zero attached hydrogens (tertiary/aromatic N) is 5. The number of aryl methyl sites for hydroxylation is 1. The number of aromatic amines is 1. The van der Waals surface area contributed by atoms with Crippen molar-refractivity contribution in [3.63, 3.8) is 0 Å². The summed E-state index contributed by atoms with van der Waals surface area (Å²) in [6.07, 6.45) is 1.14. The van der Waals surface area contributed by atoms with Gasteiger partial charge >= 0.3 is 17.8 Å². The number of aromatic nitrogens is 5. The van der Waals surface area contributed by atoms with E-state index in [9.17, 15) is 34.5 Å². The van der Waals surface area contributed by atoms with Gasteiger partial charge in [-0.05, 0) is 84.5 Å². The molecule has 1 atom stereocenters. The summed E-state index contributed by atoms with van der Waals surface area (Å²) in [6.45, 7) is 8.39. The molecule has 0 bridgehead atoms. The number of hydrogen-bond acceptors (Lipinski definition) is 12. The lowest BCUT2D eigenvalue weighted by Crippen LogP contribution is -2.44. The summed E-state index contributed by atoms with van der Waals surface area (Å²) in [6, 6.07) is 16.8. The molecule has 1 fully saturated rings. The van der Waals surface area contributed by atoms with Crippen molar-refractivity contribution in [2.75, 3.05) is 13.1 Å². The van der Waals surface area contributed by atoms with Crippen LogP contribution in [0.3, 0.4) is 0 Å². The lowest BCUT2D eigenvalue weighted by molar-refractivity contribution is -0.172. The Bertz CT molecular complexity index is 2890. The smallest absolute Gasteiger partial charge is 0.415 e. The van der Waals surface area contributed by atoms with Crippen molar-refractivity contribution in [1.82, 2.24) is 29.2 Å². The van der Waals surface area contributed by atoms with Gasteiger partial charge in [0.15, 0.2) is 11.4 Å². The number of benzene rings is 3. The Hall–Kier alpha value is -6.94. The summed E-state index contributed by atoms with van der Waals surface area (Å²) in [4.78, 5) is 59.2. The molecular weight excluding hydrogens is 785 g/mol. The third-order valence-electron chi connectivity index (χ3n) is 12.1. The van der Waals surface area contributed by atoms with Gasteiger partial charge in [0, 0.05) is 48.5 Å². The van der Waals surface area contributed by atoms with E-state index in [-0.39, 0.29) is 65.6 Å². The van der Waals surface area contributed by atoms with E-state index < -0.39 is 23.4 Å². The Morgan fingerprint density at radius 2 is 1.70 bits per heavy atom. The zero-order chi connectivity index (χ0) is 42.9. The SMILES string of the molecule is CCc1c2c(nc3ccc(OC(=O)N4CCC(Oc5ccc(-n6c(-c7cc(C(C)C)c(O)cc7O)n[nH]c6=O)cc5)CC4)cc13)-c1cc3c(c(=O)n1C2)COC(=O)C3(O)CC. The number of likely N-dealkylation sites (tertiary alicyclic amines) is 1. The summed E-state index contributed by atoms with van der Waals surface area (Å²) < 4.78 is 20.3. The number of aliphatic hydroxyl groups is 1. The predicted molar refractivity (Wildman–Crippen MR) is 222 cm³/mol. The molecule has 61 heavy (non-hydrogen) atoms. The minimum Gasteiger partial charge on any atom is -0.508 e. The van der Waals surface area contributed by atoms with Crippen LogP contribution in [0.2, 0.25) is 0 Å². The number of carbonyl (C=O) groups excluding carboxylic acids is 2. The number of carbonyl (C=O) groups is 2. The van der Waals surface area contributed by atoms with Gasteiger partial charge in [-0.15, -0.1) is 0 Å². The molecule has 3 aromatic heterocycles. The van der Waals surface area contributed by atoms with Gasteiger partial charge < -0.3 is 39.0 Å². The van der Waals surface area contributed by atoms with Gasteiger partial charge in [-0.3, -0.25) is 4.79 Å². The van der Waals surface area contributed by atoms with Crippen molar-refractivity contribution >= 4 is 23.0 Å². The fourth-order valence-corrected chi connectivity index (χ4v) is 8.75. The monoisotopic (exact) mass is 828 g/mol. The molecule has 1 unspecified atom stereocenters. The van der Waals surface area contributed by atoms with Gasteiger partial charge in [0.25, 0.3) is 5.56 Å². The summed E-state index contributed by atoms with van der Waals surface area (Å²) in [5.74, 6) is 0.0772. The summed E-state index contributed by atoms with van der Waals surface area (Å²) in [7, 11) is 0. The quantitative estimate of drug-likeness (QED) is 0.135. The lowest BCUT2D eigenvalue weighted by Gasteiger charge is -2.31. The molecule has 3 aliphatic rings. The molecule has 1 saturated heterocycles. The number of phenols is 2. The lowest BCUT2D eigenvalue weighted by atomic mass is 9.86. The van der Waals surface area contributed by atoms with E-state index in [0.717, 1.165) is 16.5 Å². The first-order chi connectivity index (χ1) is 29.3. The van der Waals surface area contributed by atoms with Crippen LogP contribution in [0.5, 0.6) is 23.0 Å². The maximum absolute atomic E-state index is 13.7. The number of aromatic hydroxyl groups is 2. The molecule has 6 aromatic rings. The third-order valence-corrected chi connectivity index (χ3v) is 12.1. The van der Waals surface area contributed by atoms with Crippen molar-refractivity contribution in [2.24, 2.45) is 0 Å². The van der Waals surface area contributed by atoms with E-state index in [1.54, 1.807) is 71.0 Å². The molecule has 16 nitrogen and oxygen atoms in total. The van der Waals surface area contributed by atoms with E-state index in [2.05, 4.69) is 10.2 Å². The fourth-order valence-electron chi connectivity index (χ4n) is 8.75. The number of H-pyrrole nitrogens is 1. The van der Waals surface area contributed by atoms with Crippen LogP contribution in [-0.2, 0) is 34.7 Å². The van der Waals surface area contributed by atoms with Crippen LogP contribution in [0.4, 0.5) is 4.79 Å². The number of amides is 1. The first kappa shape index (κ1) is 39.5. The Kier molecular flexibility index (Phi) is 9.69. The Labute approximate surface area is 348 Å². The van der Waals surface area contributed by atoms with Crippen LogP contribution < -0.4 is 20.7 Å². The Morgan fingerprint density at radius 1 is 0.967 bits per heavy atom. The molecule has 16 heteroatoms. The van der Waals surface area contributed by atoms with E-state index in [1.807, 2.05) is 20.8 Å². The van der Waals surface area contributed by atoms with Crippen LogP contribution in [0.25, 0.3) is 39.4 Å². The van der Waals surface area contributed by atoms with Crippen LogP contribution in [0, 0.1) is 0 Å². The molecule has 0 saturated carbocycles. The number of phenolic OH excluding ortho intramolecular Hbond substituents is 2. The van der Waals surface area contributed by atoms with E-state index in [1.165, 1.54) is 10.6 Å². The number of piperidine rings is 1. The molecular formula is C45H44N6O10. The van der Waals surface area contributed by atoms with Crippen molar-refractivity contribution < 1.29 is 39.1 Å². The number of cyclic esters (lactones) is 1. The number of ether oxygens (including phenoxy) is 3. The second kappa shape index (κ2) is 15.0. The average Bonchev–Trinajstić information content (AvgIpc) is 3.82. The topological polar surface area (TPSA) is 211 Å². The second-order valence-electron chi connectivity index (χ2n) is 16.0. The summed E-state index contributed by atoms with van der Waals surface area (Å²) in [5.41, 5.74) is 2.79. The number of rotatable bonds is 8. The zero-order valence-electron chi connectivity index (χ0n) is 34.0. The fraction of sp³-hybridized carbons (Fsp3) is 0.333. The first-order valence-corrected chi connectivity index (χ1v) is 20.4. The number of hydrogen-bond donors (Lipinski definition) is 4. The zero-order valence-corrected chi connectivity index (χ0v) is 34.0. The normalized spacial score (nSPS) is 17.3. The summed E-state index contributed by atoms with van der Waals surface area (Å²) in [5, 5.41) is 39.6. The highest BCUT2D eigenvalue weighted by molar-refractivity contribution is 5.90. The maximum atomic E-state index is 13.7.